The molecule has 0 bridgehead atoms. The second kappa shape index (κ2) is 6.91. The van der Waals surface area contributed by atoms with Crippen molar-refractivity contribution in [2.45, 2.75) is 52.1 Å². The number of rotatable bonds is 7. The molecule has 1 aliphatic rings. The zero-order chi connectivity index (χ0) is 16.3. The Morgan fingerprint density at radius 2 is 2.14 bits per heavy atom. The van der Waals surface area contributed by atoms with Crippen molar-refractivity contribution < 1.29 is 9.59 Å². The van der Waals surface area contributed by atoms with Crippen LogP contribution in [0.5, 0.6) is 0 Å². The average Bonchev–Trinajstić information content (AvgIpc) is 3.25. The number of hydrogen-bond acceptors (Lipinski definition) is 4. The maximum atomic E-state index is 11.9. The fourth-order valence-electron chi connectivity index (χ4n) is 2.23. The summed E-state index contributed by atoms with van der Waals surface area (Å²) in [5, 5.41) is 9.63. The molecule has 0 radical (unpaired) electrons. The van der Waals surface area contributed by atoms with E-state index in [1.165, 1.54) is 18.5 Å². The summed E-state index contributed by atoms with van der Waals surface area (Å²) in [5.74, 6) is 0.526. The summed E-state index contributed by atoms with van der Waals surface area (Å²) in [6.45, 7) is 6.43. The van der Waals surface area contributed by atoms with Gasteiger partial charge in [-0.1, -0.05) is 13.8 Å². The molecule has 0 aromatic carbocycles. The van der Waals surface area contributed by atoms with E-state index in [0.717, 1.165) is 6.54 Å². The number of nitrogens with one attached hydrogen (secondary N) is 2. The maximum Gasteiger partial charge on any atom is 0.244 e. The van der Waals surface area contributed by atoms with Crippen LogP contribution in [0.1, 0.15) is 45.2 Å². The molecule has 1 fully saturated rings. The van der Waals surface area contributed by atoms with E-state index < -0.39 is 6.04 Å². The van der Waals surface area contributed by atoms with Gasteiger partial charge >= 0.3 is 0 Å². The van der Waals surface area contributed by atoms with Gasteiger partial charge in [0.1, 0.15) is 0 Å². The van der Waals surface area contributed by atoms with E-state index in [1.54, 1.807) is 0 Å². The lowest BCUT2D eigenvalue weighted by Crippen LogP contribution is -2.46. The highest BCUT2D eigenvalue weighted by Gasteiger charge is 2.28. The first-order valence-corrected chi connectivity index (χ1v) is 7.83. The van der Waals surface area contributed by atoms with Crippen molar-refractivity contribution >= 4 is 17.6 Å². The SMILES string of the molecule is CCn1nc(NC(=O)CNC(=O)[C@@H](N)C(C)C)cc1C1CC1. The predicted molar refractivity (Wildman–Crippen MR) is 84.3 cm³/mol. The minimum absolute atomic E-state index is 0.0319. The molecule has 0 saturated heterocycles. The van der Waals surface area contributed by atoms with Crippen LogP contribution < -0.4 is 16.4 Å². The molecule has 1 aromatic heterocycles. The van der Waals surface area contributed by atoms with Crippen molar-refractivity contribution in [2.24, 2.45) is 11.7 Å². The Morgan fingerprint density at radius 1 is 1.45 bits per heavy atom. The molecule has 1 aromatic rings. The van der Waals surface area contributed by atoms with Crippen molar-refractivity contribution in [1.82, 2.24) is 15.1 Å². The third kappa shape index (κ3) is 4.07. The number of hydrogen-bond donors (Lipinski definition) is 3. The van der Waals surface area contributed by atoms with Gasteiger partial charge in [0, 0.05) is 24.2 Å². The van der Waals surface area contributed by atoms with E-state index >= 15 is 0 Å². The molecule has 2 amide bonds. The lowest BCUT2D eigenvalue weighted by molar-refractivity contribution is -0.125. The number of anilines is 1. The molecular weight excluding hydrogens is 282 g/mol. The minimum Gasteiger partial charge on any atom is -0.346 e. The van der Waals surface area contributed by atoms with Crippen LogP contribution in [0, 0.1) is 5.92 Å². The molecule has 2 rings (SSSR count). The fraction of sp³-hybridized carbons (Fsp3) is 0.667. The molecule has 1 saturated carbocycles. The zero-order valence-electron chi connectivity index (χ0n) is 13.4. The highest BCUT2D eigenvalue weighted by molar-refractivity contribution is 5.94. The smallest absolute Gasteiger partial charge is 0.244 e. The predicted octanol–water partition coefficient (Wildman–Crippen LogP) is 0.818. The molecule has 7 nitrogen and oxygen atoms in total. The molecule has 1 aliphatic carbocycles. The van der Waals surface area contributed by atoms with Crippen LogP contribution in [0.3, 0.4) is 0 Å². The van der Waals surface area contributed by atoms with Crippen molar-refractivity contribution in [3.63, 3.8) is 0 Å². The number of aryl methyl sites for hydroxylation is 1. The van der Waals surface area contributed by atoms with Crippen LogP contribution in [0.15, 0.2) is 6.07 Å². The molecule has 0 spiro atoms. The summed E-state index contributed by atoms with van der Waals surface area (Å²) in [7, 11) is 0. The van der Waals surface area contributed by atoms with Gasteiger partial charge in [0.25, 0.3) is 0 Å². The summed E-state index contributed by atoms with van der Waals surface area (Å²) < 4.78 is 1.92. The highest BCUT2D eigenvalue weighted by atomic mass is 16.2. The van der Waals surface area contributed by atoms with Gasteiger partial charge in [-0.3, -0.25) is 14.3 Å². The van der Waals surface area contributed by atoms with Gasteiger partial charge in [-0.05, 0) is 25.7 Å². The summed E-state index contributed by atoms with van der Waals surface area (Å²) in [6, 6.07) is 1.31. The third-order valence-corrected chi connectivity index (χ3v) is 3.82. The molecule has 7 heteroatoms. The standard InChI is InChI=1S/C15H25N5O2/c1-4-20-11(10-5-6-10)7-12(19-20)18-13(21)8-17-15(22)14(16)9(2)3/h7,9-10,14H,4-6,8,16H2,1-3H3,(H,17,22)(H,18,19,21)/t14-/m0/s1. The Bertz CT molecular complexity index is 548. The van der Waals surface area contributed by atoms with Crippen LogP contribution in [0.4, 0.5) is 5.82 Å². The molecular formula is C15H25N5O2. The Labute approximate surface area is 130 Å². The number of nitrogens with zero attached hydrogens (tertiary/aromatic N) is 2. The summed E-state index contributed by atoms with van der Waals surface area (Å²) in [6.07, 6.45) is 2.37. The first-order chi connectivity index (χ1) is 10.4. The second-order valence-corrected chi connectivity index (χ2v) is 6.08. The van der Waals surface area contributed by atoms with E-state index in [4.69, 9.17) is 5.73 Å². The van der Waals surface area contributed by atoms with E-state index in [-0.39, 0.29) is 24.3 Å². The number of carbonyl (C=O) groups excluding carboxylic acids is 2. The largest absolute Gasteiger partial charge is 0.346 e. The Hall–Kier alpha value is -1.89. The molecule has 0 unspecified atom stereocenters. The lowest BCUT2D eigenvalue weighted by Gasteiger charge is -2.14. The Kier molecular flexibility index (Phi) is 5.18. The summed E-state index contributed by atoms with van der Waals surface area (Å²) in [5.41, 5.74) is 6.89. The van der Waals surface area contributed by atoms with Crippen molar-refractivity contribution in [3.8, 4) is 0 Å². The highest BCUT2D eigenvalue weighted by Crippen LogP contribution is 2.40. The van der Waals surface area contributed by atoms with Gasteiger partial charge in [-0.2, -0.15) is 5.10 Å². The normalized spacial score (nSPS) is 15.7. The van der Waals surface area contributed by atoms with E-state index in [2.05, 4.69) is 15.7 Å². The van der Waals surface area contributed by atoms with Gasteiger partial charge in [0.2, 0.25) is 11.8 Å². The molecule has 4 N–H and O–H groups in total. The minimum atomic E-state index is -0.603. The topological polar surface area (TPSA) is 102 Å². The van der Waals surface area contributed by atoms with E-state index in [1.807, 2.05) is 31.5 Å². The number of nitrogens with two attached hydrogens (primary N) is 1. The monoisotopic (exact) mass is 307 g/mol. The second-order valence-electron chi connectivity index (χ2n) is 6.08. The molecule has 22 heavy (non-hydrogen) atoms. The molecule has 1 atom stereocenters. The zero-order valence-corrected chi connectivity index (χ0v) is 13.4. The first-order valence-electron chi connectivity index (χ1n) is 7.83. The quantitative estimate of drug-likeness (QED) is 0.694. The van der Waals surface area contributed by atoms with E-state index in [0.29, 0.717) is 11.7 Å². The summed E-state index contributed by atoms with van der Waals surface area (Å²) >= 11 is 0. The van der Waals surface area contributed by atoms with Crippen LogP contribution >= 0.6 is 0 Å². The van der Waals surface area contributed by atoms with Crippen molar-refractivity contribution in [2.75, 3.05) is 11.9 Å². The molecule has 122 valence electrons. The summed E-state index contributed by atoms with van der Waals surface area (Å²) in [4.78, 5) is 23.6. The van der Waals surface area contributed by atoms with E-state index in [9.17, 15) is 9.59 Å². The molecule has 0 aliphatic heterocycles. The van der Waals surface area contributed by atoms with Crippen molar-refractivity contribution in [1.29, 1.82) is 0 Å². The average molecular weight is 307 g/mol. The third-order valence-electron chi connectivity index (χ3n) is 3.82. The van der Waals surface area contributed by atoms with Gasteiger partial charge in [-0.25, -0.2) is 0 Å². The molecule has 1 heterocycles. The number of aromatic nitrogens is 2. The van der Waals surface area contributed by atoms with Crippen molar-refractivity contribution in [3.05, 3.63) is 11.8 Å². The van der Waals surface area contributed by atoms with Gasteiger partial charge in [0.15, 0.2) is 5.82 Å². The van der Waals surface area contributed by atoms with Crippen LogP contribution in [-0.4, -0.2) is 34.2 Å². The Morgan fingerprint density at radius 3 is 2.68 bits per heavy atom. The first kappa shape index (κ1) is 16.5. The van der Waals surface area contributed by atoms with Gasteiger partial charge < -0.3 is 16.4 Å². The fourth-order valence-corrected chi connectivity index (χ4v) is 2.23. The number of carbonyl (C=O) groups is 2. The van der Waals surface area contributed by atoms with Gasteiger partial charge in [-0.15, -0.1) is 0 Å². The number of amides is 2. The van der Waals surface area contributed by atoms with Crippen LogP contribution in [0.25, 0.3) is 0 Å². The van der Waals surface area contributed by atoms with Crippen LogP contribution in [-0.2, 0) is 16.1 Å². The van der Waals surface area contributed by atoms with Gasteiger partial charge in [0.05, 0.1) is 12.6 Å². The maximum absolute atomic E-state index is 11.9. The van der Waals surface area contributed by atoms with Crippen LogP contribution in [0.2, 0.25) is 0 Å². The lowest BCUT2D eigenvalue weighted by atomic mass is 10.1. The Balaban J connectivity index is 1.85.